The zero-order valence-corrected chi connectivity index (χ0v) is 10.7. The molecule has 0 fully saturated rings. The van der Waals surface area contributed by atoms with Crippen molar-refractivity contribution >= 4 is 5.97 Å². The van der Waals surface area contributed by atoms with Crippen LogP contribution in [0.5, 0.6) is 11.5 Å². The molecule has 6 nitrogen and oxygen atoms in total. The van der Waals surface area contributed by atoms with Crippen molar-refractivity contribution in [3.8, 4) is 22.8 Å². The standard InChI is InChI=1S/C13H13NO5/c1-6-4-8(12(18-3)11(15)7(6)2)9-5-10(13(16)17)19-14-9/h4-5,15H,1-3H3,(H,16,17). The van der Waals surface area contributed by atoms with Gasteiger partial charge in [0.05, 0.1) is 7.11 Å². The first-order valence-electron chi connectivity index (χ1n) is 5.53. The summed E-state index contributed by atoms with van der Waals surface area (Å²) in [6.45, 7) is 3.60. The van der Waals surface area contributed by atoms with Crippen molar-refractivity contribution in [3.63, 3.8) is 0 Å². The van der Waals surface area contributed by atoms with Gasteiger partial charge in [0.15, 0.2) is 11.5 Å². The third-order valence-electron chi connectivity index (χ3n) is 2.97. The topological polar surface area (TPSA) is 92.8 Å². The van der Waals surface area contributed by atoms with Gasteiger partial charge in [-0.1, -0.05) is 5.16 Å². The molecule has 2 N–H and O–H groups in total. The van der Waals surface area contributed by atoms with Crippen LogP contribution in [0, 0.1) is 13.8 Å². The number of carboxylic acid groups (broad SMARTS) is 1. The Bertz CT molecular complexity index is 645. The van der Waals surface area contributed by atoms with E-state index in [0.717, 1.165) is 5.56 Å². The lowest BCUT2D eigenvalue weighted by molar-refractivity contribution is 0.0652. The lowest BCUT2D eigenvalue weighted by Crippen LogP contribution is -1.94. The third-order valence-corrected chi connectivity index (χ3v) is 2.97. The summed E-state index contributed by atoms with van der Waals surface area (Å²) in [4.78, 5) is 10.8. The molecule has 2 rings (SSSR count). The summed E-state index contributed by atoms with van der Waals surface area (Å²) in [7, 11) is 1.42. The van der Waals surface area contributed by atoms with E-state index < -0.39 is 5.97 Å². The second-order valence-corrected chi connectivity index (χ2v) is 4.13. The predicted molar refractivity (Wildman–Crippen MR) is 66.6 cm³/mol. The maximum atomic E-state index is 10.8. The summed E-state index contributed by atoms with van der Waals surface area (Å²) in [5.41, 5.74) is 2.32. The van der Waals surface area contributed by atoms with Gasteiger partial charge in [-0.05, 0) is 31.0 Å². The van der Waals surface area contributed by atoms with E-state index in [0.29, 0.717) is 16.8 Å². The Hall–Kier alpha value is -2.50. The van der Waals surface area contributed by atoms with Crippen molar-refractivity contribution in [2.75, 3.05) is 7.11 Å². The smallest absolute Gasteiger partial charge is 0.374 e. The number of aromatic hydroxyl groups is 1. The molecular formula is C13H13NO5. The largest absolute Gasteiger partial charge is 0.504 e. The number of hydrogen-bond donors (Lipinski definition) is 2. The molecule has 6 heteroatoms. The van der Waals surface area contributed by atoms with E-state index in [1.807, 2.05) is 6.92 Å². The molecule has 0 unspecified atom stereocenters. The Morgan fingerprint density at radius 3 is 2.58 bits per heavy atom. The van der Waals surface area contributed by atoms with Gasteiger partial charge < -0.3 is 19.5 Å². The number of methoxy groups -OCH3 is 1. The summed E-state index contributed by atoms with van der Waals surface area (Å²) < 4.78 is 9.86. The number of nitrogens with zero attached hydrogens (tertiary/aromatic N) is 1. The Kier molecular flexibility index (Phi) is 3.16. The Morgan fingerprint density at radius 1 is 1.37 bits per heavy atom. The Balaban J connectivity index is 2.63. The molecule has 19 heavy (non-hydrogen) atoms. The van der Waals surface area contributed by atoms with E-state index in [2.05, 4.69) is 5.16 Å². The van der Waals surface area contributed by atoms with Gasteiger partial charge >= 0.3 is 5.97 Å². The fourth-order valence-corrected chi connectivity index (χ4v) is 1.77. The molecule has 0 saturated heterocycles. The minimum absolute atomic E-state index is 0.0115. The number of aromatic carboxylic acids is 1. The van der Waals surface area contributed by atoms with Crippen molar-refractivity contribution in [1.82, 2.24) is 5.16 Å². The molecule has 100 valence electrons. The summed E-state index contributed by atoms with van der Waals surface area (Å²) in [6, 6.07) is 3.05. The van der Waals surface area contributed by atoms with E-state index in [-0.39, 0.29) is 17.3 Å². The van der Waals surface area contributed by atoms with Crippen LogP contribution in [0.3, 0.4) is 0 Å². The summed E-state index contributed by atoms with van der Waals surface area (Å²) >= 11 is 0. The van der Waals surface area contributed by atoms with Crippen LogP contribution >= 0.6 is 0 Å². The lowest BCUT2D eigenvalue weighted by atomic mass is 10.0. The average molecular weight is 263 g/mol. The number of carbonyl (C=O) groups is 1. The van der Waals surface area contributed by atoms with Gasteiger partial charge in [-0.2, -0.15) is 0 Å². The van der Waals surface area contributed by atoms with Gasteiger partial charge in [0.2, 0.25) is 5.76 Å². The van der Waals surface area contributed by atoms with E-state index in [4.69, 9.17) is 14.4 Å². The highest BCUT2D eigenvalue weighted by molar-refractivity contribution is 5.86. The van der Waals surface area contributed by atoms with Crippen LogP contribution in [0.25, 0.3) is 11.3 Å². The number of hydrogen-bond acceptors (Lipinski definition) is 5. The van der Waals surface area contributed by atoms with E-state index in [9.17, 15) is 9.90 Å². The highest BCUT2D eigenvalue weighted by Gasteiger charge is 2.19. The minimum atomic E-state index is -1.20. The van der Waals surface area contributed by atoms with Gasteiger partial charge in [0.25, 0.3) is 0 Å². The van der Waals surface area contributed by atoms with Gasteiger partial charge in [-0.3, -0.25) is 0 Å². The van der Waals surface area contributed by atoms with Crippen LogP contribution in [-0.4, -0.2) is 28.4 Å². The number of phenolic OH excluding ortho intramolecular Hbond substituents is 1. The SMILES string of the molecule is COc1c(-c2cc(C(=O)O)on2)cc(C)c(C)c1O. The minimum Gasteiger partial charge on any atom is -0.504 e. The van der Waals surface area contributed by atoms with Crippen LogP contribution in [0.4, 0.5) is 0 Å². The first kappa shape index (κ1) is 12.9. The maximum Gasteiger partial charge on any atom is 0.374 e. The zero-order valence-electron chi connectivity index (χ0n) is 10.7. The van der Waals surface area contributed by atoms with Crippen LogP contribution in [0.15, 0.2) is 16.7 Å². The predicted octanol–water partition coefficient (Wildman–Crippen LogP) is 2.37. The van der Waals surface area contributed by atoms with E-state index in [1.54, 1.807) is 13.0 Å². The number of aromatic nitrogens is 1. The van der Waals surface area contributed by atoms with Crippen molar-refractivity contribution in [1.29, 1.82) is 0 Å². The molecule has 0 radical (unpaired) electrons. The van der Waals surface area contributed by atoms with E-state index in [1.165, 1.54) is 13.2 Å². The number of aryl methyl sites for hydroxylation is 1. The molecule has 0 aliphatic rings. The van der Waals surface area contributed by atoms with Crippen LogP contribution in [0.2, 0.25) is 0 Å². The van der Waals surface area contributed by atoms with E-state index >= 15 is 0 Å². The molecule has 0 atom stereocenters. The Labute approximate surface area is 109 Å². The number of phenols is 1. The summed E-state index contributed by atoms with van der Waals surface area (Å²) in [5.74, 6) is -1.22. The van der Waals surface area contributed by atoms with Crippen molar-refractivity contribution in [3.05, 3.63) is 29.0 Å². The van der Waals surface area contributed by atoms with Crippen LogP contribution in [0.1, 0.15) is 21.7 Å². The molecule has 0 bridgehead atoms. The molecule has 2 aromatic rings. The van der Waals surface area contributed by atoms with Gasteiger partial charge in [0, 0.05) is 11.6 Å². The summed E-state index contributed by atoms with van der Waals surface area (Å²) in [6.07, 6.45) is 0. The average Bonchev–Trinajstić information content (AvgIpc) is 2.85. The Morgan fingerprint density at radius 2 is 2.05 bits per heavy atom. The van der Waals surface area contributed by atoms with Crippen LogP contribution < -0.4 is 4.74 Å². The molecule has 1 aromatic heterocycles. The highest BCUT2D eigenvalue weighted by atomic mass is 16.5. The highest BCUT2D eigenvalue weighted by Crippen LogP contribution is 2.40. The second kappa shape index (κ2) is 4.64. The normalized spacial score (nSPS) is 10.5. The van der Waals surface area contributed by atoms with Gasteiger partial charge in [-0.15, -0.1) is 0 Å². The summed E-state index contributed by atoms with van der Waals surface area (Å²) in [5, 5.41) is 22.5. The monoisotopic (exact) mass is 263 g/mol. The van der Waals surface area contributed by atoms with Gasteiger partial charge in [0.1, 0.15) is 5.69 Å². The quantitative estimate of drug-likeness (QED) is 0.883. The molecule has 0 spiro atoms. The molecule has 0 saturated carbocycles. The third kappa shape index (κ3) is 2.12. The van der Waals surface area contributed by atoms with Gasteiger partial charge in [-0.25, -0.2) is 4.79 Å². The molecule has 0 aliphatic carbocycles. The number of rotatable bonds is 3. The number of carboxylic acids is 1. The second-order valence-electron chi connectivity index (χ2n) is 4.13. The molecule has 1 heterocycles. The molecular weight excluding hydrogens is 250 g/mol. The fourth-order valence-electron chi connectivity index (χ4n) is 1.77. The van der Waals surface area contributed by atoms with Crippen LogP contribution in [-0.2, 0) is 0 Å². The van der Waals surface area contributed by atoms with Crippen molar-refractivity contribution < 1.29 is 24.3 Å². The fraction of sp³-hybridized carbons (Fsp3) is 0.231. The molecule has 0 amide bonds. The first-order valence-corrected chi connectivity index (χ1v) is 5.53. The van der Waals surface area contributed by atoms with Crippen molar-refractivity contribution in [2.24, 2.45) is 0 Å². The molecule has 0 aliphatic heterocycles. The van der Waals surface area contributed by atoms with Crippen molar-refractivity contribution in [2.45, 2.75) is 13.8 Å². The first-order chi connectivity index (χ1) is 8.95. The maximum absolute atomic E-state index is 10.8. The lowest BCUT2D eigenvalue weighted by Gasteiger charge is -2.12. The number of benzene rings is 1. The number of ether oxygens (including phenoxy) is 1. The molecule has 1 aromatic carbocycles. The zero-order chi connectivity index (χ0) is 14.2.